The Bertz CT molecular complexity index is 433. The van der Waals surface area contributed by atoms with Crippen molar-refractivity contribution in [1.29, 1.82) is 5.26 Å². The molecule has 0 spiro atoms. The lowest BCUT2D eigenvalue weighted by molar-refractivity contribution is 0.502. The van der Waals surface area contributed by atoms with Crippen LogP contribution in [0.1, 0.15) is 11.1 Å². The Labute approximate surface area is 74.6 Å². The Balaban J connectivity index is 3.28. The van der Waals surface area contributed by atoms with E-state index in [4.69, 9.17) is 5.26 Å². The summed E-state index contributed by atoms with van der Waals surface area (Å²) in [4.78, 5) is 0. The van der Waals surface area contributed by atoms with Gasteiger partial charge in [0.25, 0.3) is 0 Å². The maximum absolute atomic E-state index is 12.9. The smallest absolute Gasteiger partial charge is 0.162 e. The van der Waals surface area contributed by atoms with E-state index in [1.165, 1.54) is 13.0 Å². The highest BCUT2D eigenvalue weighted by molar-refractivity contribution is 5.43. The summed E-state index contributed by atoms with van der Waals surface area (Å²) in [5.74, 6) is 2.72. The van der Waals surface area contributed by atoms with E-state index in [9.17, 15) is 8.78 Å². The second kappa shape index (κ2) is 3.69. The van der Waals surface area contributed by atoms with Crippen molar-refractivity contribution < 1.29 is 8.78 Å². The number of hydrogen-bond donors (Lipinski definition) is 0. The second-order valence-corrected chi connectivity index (χ2v) is 2.40. The van der Waals surface area contributed by atoms with Crippen LogP contribution in [-0.4, -0.2) is 0 Å². The largest absolute Gasteiger partial charge is 0.204 e. The number of halogens is 2. The number of benzene rings is 1. The highest BCUT2D eigenvalue weighted by Crippen LogP contribution is 2.14. The Morgan fingerprint density at radius 1 is 1.31 bits per heavy atom. The highest BCUT2D eigenvalue weighted by atomic mass is 19.2. The fraction of sp³-hybridized carbons (Fsp3) is 0.100. The standard InChI is InChI=1S/C10H5F2N/c1-7-8(3-2-6-13)4-5-9(11)10(7)12/h4-5H,1H3. The van der Waals surface area contributed by atoms with Crippen LogP contribution < -0.4 is 0 Å². The monoisotopic (exact) mass is 177 g/mol. The number of rotatable bonds is 0. The number of nitrogens with zero attached hydrogens (tertiary/aromatic N) is 1. The molecular weight excluding hydrogens is 172 g/mol. The van der Waals surface area contributed by atoms with Gasteiger partial charge in [0.2, 0.25) is 0 Å². The minimum Gasteiger partial charge on any atom is -0.204 e. The lowest BCUT2D eigenvalue weighted by atomic mass is 10.1. The van der Waals surface area contributed by atoms with E-state index in [1.54, 1.807) is 6.07 Å². The van der Waals surface area contributed by atoms with E-state index < -0.39 is 11.6 Å². The Morgan fingerprint density at radius 2 is 2.00 bits per heavy atom. The molecule has 0 aliphatic carbocycles. The van der Waals surface area contributed by atoms with Gasteiger partial charge in [-0.25, -0.2) is 8.78 Å². The molecular formula is C10H5F2N. The van der Waals surface area contributed by atoms with Gasteiger partial charge < -0.3 is 0 Å². The van der Waals surface area contributed by atoms with Gasteiger partial charge in [-0.3, -0.25) is 0 Å². The molecule has 0 saturated carbocycles. The van der Waals surface area contributed by atoms with Crippen molar-refractivity contribution in [3.8, 4) is 17.9 Å². The molecule has 1 rings (SSSR count). The number of hydrogen-bond acceptors (Lipinski definition) is 1. The zero-order valence-corrected chi connectivity index (χ0v) is 6.86. The molecule has 13 heavy (non-hydrogen) atoms. The molecule has 0 amide bonds. The molecule has 0 aliphatic heterocycles. The van der Waals surface area contributed by atoms with Crippen LogP contribution in [0.4, 0.5) is 8.78 Å². The van der Waals surface area contributed by atoms with Crippen molar-refractivity contribution in [3.05, 3.63) is 34.9 Å². The minimum absolute atomic E-state index is 0.128. The fourth-order valence-corrected chi connectivity index (χ4v) is 0.883. The van der Waals surface area contributed by atoms with Gasteiger partial charge in [-0.2, -0.15) is 5.26 Å². The molecule has 1 nitrogen and oxygen atoms in total. The van der Waals surface area contributed by atoms with Gasteiger partial charge in [-0.05, 0) is 19.1 Å². The van der Waals surface area contributed by atoms with Crippen molar-refractivity contribution in [2.24, 2.45) is 0 Å². The van der Waals surface area contributed by atoms with E-state index in [0.717, 1.165) is 6.07 Å². The average Bonchev–Trinajstić information content (AvgIpc) is 2.13. The van der Waals surface area contributed by atoms with Crippen LogP contribution >= 0.6 is 0 Å². The normalized spacial score (nSPS) is 8.46. The fourth-order valence-electron chi connectivity index (χ4n) is 0.883. The Hall–Kier alpha value is -1.87. The Kier molecular flexibility index (Phi) is 2.62. The predicted molar refractivity (Wildman–Crippen MR) is 43.6 cm³/mol. The zero-order chi connectivity index (χ0) is 9.84. The lowest BCUT2D eigenvalue weighted by Crippen LogP contribution is -1.92. The van der Waals surface area contributed by atoms with Gasteiger partial charge in [0.1, 0.15) is 0 Å². The summed E-state index contributed by atoms with van der Waals surface area (Å²) >= 11 is 0. The van der Waals surface area contributed by atoms with E-state index in [2.05, 4.69) is 11.8 Å². The second-order valence-electron chi connectivity index (χ2n) is 2.40. The van der Waals surface area contributed by atoms with Crippen LogP contribution in [0.15, 0.2) is 12.1 Å². The summed E-state index contributed by atoms with van der Waals surface area (Å²) in [6, 6.07) is 3.94. The molecule has 1 aromatic carbocycles. The summed E-state index contributed by atoms with van der Waals surface area (Å²) < 4.78 is 25.5. The topological polar surface area (TPSA) is 23.8 Å². The van der Waals surface area contributed by atoms with Crippen molar-refractivity contribution in [1.82, 2.24) is 0 Å². The minimum atomic E-state index is -0.912. The van der Waals surface area contributed by atoms with Crippen molar-refractivity contribution >= 4 is 0 Å². The molecule has 3 heteroatoms. The van der Waals surface area contributed by atoms with Gasteiger partial charge in [0, 0.05) is 17.0 Å². The number of nitriles is 1. The predicted octanol–water partition coefficient (Wildman–Crippen LogP) is 2.15. The van der Waals surface area contributed by atoms with Gasteiger partial charge in [0.15, 0.2) is 17.7 Å². The molecule has 0 unspecified atom stereocenters. The van der Waals surface area contributed by atoms with Crippen LogP contribution in [0.2, 0.25) is 0 Å². The molecule has 0 atom stereocenters. The Morgan fingerprint density at radius 3 is 2.62 bits per heavy atom. The molecule has 0 aromatic heterocycles. The van der Waals surface area contributed by atoms with Crippen LogP contribution in [0.25, 0.3) is 0 Å². The van der Waals surface area contributed by atoms with Crippen molar-refractivity contribution in [3.63, 3.8) is 0 Å². The summed E-state index contributed by atoms with van der Waals surface area (Å²) in [5.41, 5.74) is 0.461. The molecule has 0 aliphatic rings. The molecule has 0 saturated heterocycles. The zero-order valence-electron chi connectivity index (χ0n) is 6.86. The van der Waals surface area contributed by atoms with E-state index in [1.807, 2.05) is 0 Å². The third-order valence-corrected chi connectivity index (χ3v) is 1.59. The maximum Gasteiger partial charge on any atom is 0.162 e. The highest BCUT2D eigenvalue weighted by Gasteiger charge is 2.07. The van der Waals surface area contributed by atoms with E-state index in [0.29, 0.717) is 5.56 Å². The molecule has 0 bridgehead atoms. The van der Waals surface area contributed by atoms with Gasteiger partial charge in [-0.15, -0.1) is 0 Å². The molecule has 0 fully saturated rings. The summed E-state index contributed by atoms with van der Waals surface area (Å²) in [6.07, 6.45) is 0. The average molecular weight is 177 g/mol. The first-order valence-corrected chi connectivity index (χ1v) is 3.51. The van der Waals surface area contributed by atoms with E-state index >= 15 is 0 Å². The first kappa shape index (κ1) is 9.22. The molecule has 1 aromatic rings. The molecule has 64 valence electrons. The van der Waals surface area contributed by atoms with Gasteiger partial charge in [-0.1, -0.05) is 5.92 Å². The SMILES string of the molecule is Cc1c(C#CC#N)ccc(F)c1F. The summed E-state index contributed by atoms with van der Waals surface area (Å²) in [6.45, 7) is 1.42. The van der Waals surface area contributed by atoms with Crippen molar-refractivity contribution in [2.75, 3.05) is 0 Å². The quantitative estimate of drug-likeness (QED) is 0.557. The summed E-state index contributed by atoms with van der Waals surface area (Å²) in [7, 11) is 0. The maximum atomic E-state index is 12.9. The summed E-state index contributed by atoms with van der Waals surface area (Å²) in [5, 5.41) is 8.15. The van der Waals surface area contributed by atoms with E-state index in [-0.39, 0.29) is 5.56 Å². The third kappa shape index (κ3) is 1.83. The molecule has 0 heterocycles. The van der Waals surface area contributed by atoms with Gasteiger partial charge >= 0.3 is 0 Å². The van der Waals surface area contributed by atoms with Crippen LogP contribution in [0, 0.1) is 41.7 Å². The molecule has 0 radical (unpaired) electrons. The first-order chi connectivity index (χ1) is 6.16. The first-order valence-electron chi connectivity index (χ1n) is 3.51. The van der Waals surface area contributed by atoms with Crippen LogP contribution in [-0.2, 0) is 0 Å². The van der Waals surface area contributed by atoms with Gasteiger partial charge in [0.05, 0.1) is 0 Å². The van der Waals surface area contributed by atoms with Crippen molar-refractivity contribution in [2.45, 2.75) is 6.92 Å². The van der Waals surface area contributed by atoms with Crippen LogP contribution in [0.5, 0.6) is 0 Å². The third-order valence-electron chi connectivity index (χ3n) is 1.59. The van der Waals surface area contributed by atoms with Crippen LogP contribution in [0.3, 0.4) is 0 Å². The lowest BCUT2D eigenvalue weighted by Gasteiger charge is -1.99. The molecule has 0 N–H and O–H groups in total.